The molecule has 19 heavy (non-hydrogen) atoms. The van der Waals surface area contributed by atoms with Crippen molar-refractivity contribution in [2.45, 2.75) is 11.3 Å². The number of sulfonamides is 1. The zero-order valence-electron chi connectivity index (χ0n) is 10.4. The van der Waals surface area contributed by atoms with E-state index in [2.05, 4.69) is 0 Å². The van der Waals surface area contributed by atoms with Crippen molar-refractivity contribution in [1.29, 1.82) is 0 Å². The van der Waals surface area contributed by atoms with Crippen LogP contribution in [0, 0.1) is 5.92 Å². The lowest BCUT2D eigenvalue weighted by Crippen LogP contribution is -2.30. The molecule has 2 rings (SSSR count). The van der Waals surface area contributed by atoms with Crippen LogP contribution in [-0.4, -0.2) is 44.0 Å². The van der Waals surface area contributed by atoms with E-state index in [0.717, 1.165) is 0 Å². The van der Waals surface area contributed by atoms with Crippen LogP contribution in [-0.2, 0) is 14.8 Å². The number of aliphatic carboxylic acids is 1. The first-order valence-corrected chi connectivity index (χ1v) is 7.26. The van der Waals surface area contributed by atoms with Gasteiger partial charge in [-0.1, -0.05) is 0 Å². The summed E-state index contributed by atoms with van der Waals surface area (Å²) in [6.45, 7) is 0.273. The molecule has 1 N–H and O–H groups in total. The molecule has 1 aliphatic rings. The van der Waals surface area contributed by atoms with Gasteiger partial charge in [0.25, 0.3) is 0 Å². The van der Waals surface area contributed by atoms with Crippen molar-refractivity contribution < 1.29 is 23.1 Å². The predicted molar refractivity (Wildman–Crippen MR) is 67.5 cm³/mol. The second-order valence-corrected chi connectivity index (χ2v) is 6.30. The van der Waals surface area contributed by atoms with Gasteiger partial charge in [0.15, 0.2) is 0 Å². The fourth-order valence-electron chi connectivity index (χ4n) is 2.04. The SMILES string of the molecule is COc1ccc(S(=O)(=O)N2CC[C@H](C(=O)O)C2)cc1. The van der Waals surface area contributed by atoms with Gasteiger partial charge in [-0.05, 0) is 30.7 Å². The fraction of sp³-hybridized carbons (Fsp3) is 0.417. The average Bonchev–Trinajstić information content (AvgIpc) is 2.89. The molecule has 1 aromatic carbocycles. The first kappa shape index (κ1) is 13.8. The molecule has 7 heteroatoms. The molecule has 0 aromatic heterocycles. The van der Waals surface area contributed by atoms with Crippen LogP contribution in [0.3, 0.4) is 0 Å². The molecule has 1 heterocycles. The summed E-state index contributed by atoms with van der Waals surface area (Å²) in [6, 6.07) is 6.06. The largest absolute Gasteiger partial charge is 0.497 e. The Hall–Kier alpha value is -1.60. The third-order valence-corrected chi connectivity index (χ3v) is 5.08. The highest BCUT2D eigenvalue weighted by atomic mass is 32.2. The van der Waals surface area contributed by atoms with Crippen molar-refractivity contribution in [2.24, 2.45) is 5.92 Å². The first-order valence-electron chi connectivity index (χ1n) is 5.82. The second-order valence-electron chi connectivity index (χ2n) is 4.36. The van der Waals surface area contributed by atoms with Gasteiger partial charge in [-0.15, -0.1) is 0 Å². The molecular formula is C12H15NO5S. The van der Waals surface area contributed by atoms with E-state index in [1.54, 1.807) is 12.1 Å². The number of carboxylic acids is 1. The lowest BCUT2D eigenvalue weighted by molar-refractivity contribution is -0.141. The standard InChI is InChI=1S/C12H15NO5S/c1-18-10-2-4-11(5-3-10)19(16,17)13-7-6-9(8-13)12(14)15/h2-5,9H,6-8H2,1H3,(H,14,15)/t9-/m0/s1. The molecule has 0 unspecified atom stereocenters. The smallest absolute Gasteiger partial charge is 0.307 e. The van der Waals surface area contributed by atoms with E-state index >= 15 is 0 Å². The Balaban J connectivity index is 2.20. The number of carboxylic acid groups (broad SMARTS) is 1. The van der Waals surface area contributed by atoms with Crippen molar-refractivity contribution in [2.75, 3.05) is 20.2 Å². The third-order valence-electron chi connectivity index (χ3n) is 3.20. The van der Waals surface area contributed by atoms with Gasteiger partial charge in [-0.3, -0.25) is 4.79 Å². The number of nitrogens with zero attached hydrogens (tertiary/aromatic N) is 1. The van der Waals surface area contributed by atoms with Crippen molar-refractivity contribution >= 4 is 16.0 Å². The van der Waals surface area contributed by atoms with Gasteiger partial charge >= 0.3 is 5.97 Å². The highest BCUT2D eigenvalue weighted by Crippen LogP contribution is 2.25. The van der Waals surface area contributed by atoms with Gasteiger partial charge in [0.2, 0.25) is 10.0 Å². The van der Waals surface area contributed by atoms with Crippen molar-refractivity contribution in [3.8, 4) is 5.75 Å². The van der Waals surface area contributed by atoms with Crippen molar-refractivity contribution in [3.05, 3.63) is 24.3 Å². The van der Waals surface area contributed by atoms with Crippen LogP contribution in [0.25, 0.3) is 0 Å². The molecule has 0 radical (unpaired) electrons. The Morgan fingerprint density at radius 3 is 2.47 bits per heavy atom. The molecule has 0 spiro atoms. The van der Waals surface area contributed by atoms with Gasteiger partial charge in [0, 0.05) is 13.1 Å². The highest BCUT2D eigenvalue weighted by Gasteiger charge is 2.35. The van der Waals surface area contributed by atoms with Gasteiger partial charge in [0.05, 0.1) is 17.9 Å². The number of hydrogen-bond donors (Lipinski definition) is 1. The van der Waals surface area contributed by atoms with Crippen molar-refractivity contribution in [3.63, 3.8) is 0 Å². The second kappa shape index (κ2) is 5.18. The predicted octanol–water partition coefficient (Wildman–Crippen LogP) is 0.790. The van der Waals surface area contributed by atoms with E-state index in [-0.39, 0.29) is 18.0 Å². The summed E-state index contributed by atoms with van der Waals surface area (Å²) < 4.78 is 30.8. The Labute approximate surface area is 111 Å². The Kier molecular flexibility index (Phi) is 3.77. The minimum atomic E-state index is -3.62. The molecule has 0 amide bonds. The summed E-state index contributed by atoms with van der Waals surface area (Å²) >= 11 is 0. The topological polar surface area (TPSA) is 83.9 Å². The molecule has 0 bridgehead atoms. The molecule has 6 nitrogen and oxygen atoms in total. The minimum absolute atomic E-state index is 0.0314. The highest BCUT2D eigenvalue weighted by molar-refractivity contribution is 7.89. The lowest BCUT2D eigenvalue weighted by Gasteiger charge is -2.16. The quantitative estimate of drug-likeness (QED) is 0.884. The van der Waals surface area contributed by atoms with Gasteiger partial charge in [-0.2, -0.15) is 4.31 Å². The maximum atomic E-state index is 12.3. The minimum Gasteiger partial charge on any atom is -0.497 e. The molecule has 1 aromatic rings. The Morgan fingerprint density at radius 2 is 2.00 bits per heavy atom. The van der Waals surface area contributed by atoms with E-state index in [4.69, 9.17) is 9.84 Å². The van der Waals surface area contributed by atoms with E-state index in [1.165, 1.54) is 23.5 Å². The Morgan fingerprint density at radius 1 is 1.37 bits per heavy atom. The number of rotatable bonds is 4. The number of methoxy groups -OCH3 is 1. The molecule has 0 aliphatic carbocycles. The maximum Gasteiger partial charge on any atom is 0.307 e. The normalized spacial score (nSPS) is 20.4. The van der Waals surface area contributed by atoms with Crippen molar-refractivity contribution in [1.82, 2.24) is 4.31 Å². The summed E-state index contributed by atoms with van der Waals surface area (Å²) in [5.41, 5.74) is 0. The maximum absolute atomic E-state index is 12.3. The van der Waals surface area contributed by atoms with Gasteiger partial charge in [0.1, 0.15) is 5.75 Å². The van der Waals surface area contributed by atoms with Crippen LogP contribution in [0.5, 0.6) is 5.75 Å². The zero-order chi connectivity index (χ0) is 14.0. The number of benzene rings is 1. The molecule has 1 saturated heterocycles. The third kappa shape index (κ3) is 2.71. The first-order chi connectivity index (χ1) is 8.95. The van der Waals surface area contributed by atoms with Crippen LogP contribution < -0.4 is 4.74 Å². The monoisotopic (exact) mass is 285 g/mol. The molecule has 0 saturated carbocycles. The fourth-order valence-corrected chi connectivity index (χ4v) is 3.54. The number of carbonyl (C=O) groups is 1. The van der Waals surface area contributed by atoms with Crippen LogP contribution in [0.1, 0.15) is 6.42 Å². The van der Waals surface area contributed by atoms with E-state index in [9.17, 15) is 13.2 Å². The molecule has 104 valence electrons. The number of ether oxygens (including phenoxy) is 1. The molecule has 1 atom stereocenters. The summed E-state index contributed by atoms with van der Waals surface area (Å²) in [5.74, 6) is -0.996. The van der Waals surface area contributed by atoms with Crippen LogP contribution >= 0.6 is 0 Å². The average molecular weight is 285 g/mol. The van der Waals surface area contributed by atoms with E-state index in [1.807, 2.05) is 0 Å². The molecular weight excluding hydrogens is 270 g/mol. The van der Waals surface area contributed by atoms with E-state index in [0.29, 0.717) is 12.2 Å². The number of hydrogen-bond acceptors (Lipinski definition) is 4. The van der Waals surface area contributed by atoms with Gasteiger partial charge < -0.3 is 9.84 Å². The Bertz CT molecular complexity index is 566. The summed E-state index contributed by atoms with van der Waals surface area (Å²) in [5, 5.41) is 8.90. The van der Waals surface area contributed by atoms with Gasteiger partial charge in [-0.25, -0.2) is 8.42 Å². The lowest BCUT2D eigenvalue weighted by atomic mass is 10.1. The zero-order valence-corrected chi connectivity index (χ0v) is 11.3. The summed E-state index contributed by atoms with van der Waals surface area (Å²) in [7, 11) is -2.11. The molecule has 1 fully saturated rings. The van der Waals surface area contributed by atoms with E-state index < -0.39 is 21.9 Å². The summed E-state index contributed by atoms with van der Waals surface area (Å²) in [6.07, 6.45) is 0.352. The van der Waals surface area contributed by atoms with Crippen LogP contribution in [0.4, 0.5) is 0 Å². The van der Waals surface area contributed by atoms with Crippen LogP contribution in [0.2, 0.25) is 0 Å². The molecule has 1 aliphatic heterocycles. The van der Waals surface area contributed by atoms with Crippen LogP contribution in [0.15, 0.2) is 29.2 Å². The summed E-state index contributed by atoms with van der Waals surface area (Å²) in [4.78, 5) is 11.0.